The average molecular weight is 270 g/mol. The Bertz CT molecular complexity index is 600. The van der Waals surface area contributed by atoms with Gasteiger partial charge in [-0.2, -0.15) is 0 Å². The van der Waals surface area contributed by atoms with Gasteiger partial charge in [0.2, 0.25) is 5.76 Å². The molecule has 0 heterocycles. The van der Waals surface area contributed by atoms with E-state index < -0.39 is 5.97 Å². The lowest BCUT2D eigenvalue weighted by Gasteiger charge is -2.06. The summed E-state index contributed by atoms with van der Waals surface area (Å²) in [7, 11) is 1.58. The standard InChI is InChI=1S/C16H14O4/c1-19-13-9-7-12(8-10-13)11-15(16(17)18)20-14-5-3-2-4-6-14/h2-11H,1H3,(H,17,18). The van der Waals surface area contributed by atoms with Crippen LogP contribution in [0, 0.1) is 0 Å². The van der Waals surface area contributed by atoms with Gasteiger partial charge in [0.25, 0.3) is 0 Å². The maximum Gasteiger partial charge on any atom is 0.371 e. The summed E-state index contributed by atoms with van der Waals surface area (Å²) in [5.74, 6) is -0.0660. The molecular formula is C16H14O4. The Morgan fingerprint density at radius 1 is 1.00 bits per heavy atom. The monoisotopic (exact) mass is 270 g/mol. The minimum atomic E-state index is -1.12. The van der Waals surface area contributed by atoms with Crippen LogP contribution in [-0.4, -0.2) is 18.2 Å². The number of hydrogen-bond donors (Lipinski definition) is 1. The van der Waals surface area contributed by atoms with E-state index in [-0.39, 0.29) is 5.76 Å². The van der Waals surface area contributed by atoms with Gasteiger partial charge in [-0.3, -0.25) is 0 Å². The third-order valence-corrected chi connectivity index (χ3v) is 2.60. The van der Waals surface area contributed by atoms with Crippen molar-refractivity contribution in [1.82, 2.24) is 0 Å². The van der Waals surface area contributed by atoms with E-state index >= 15 is 0 Å². The number of hydrogen-bond acceptors (Lipinski definition) is 3. The average Bonchev–Trinajstić information content (AvgIpc) is 2.48. The van der Waals surface area contributed by atoms with Gasteiger partial charge < -0.3 is 14.6 Å². The fourth-order valence-corrected chi connectivity index (χ4v) is 1.60. The lowest BCUT2D eigenvalue weighted by Crippen LogP contribution is -2.07. The van der Waals surface area contributed by atoms with Crippen LogP contribution in [0.1, 0.15) is 5.56 Å². The van der Waals surface area contributed by atoms with E-state index in [1.807, 2.05) is 6.07 Å². The van der Waals surface area contributed by atoms with Crippen LogP contribution < -0.4 is 9.47 Å². The van der Waals surface area contributed by atoms with Gasteiger partial charge in [0, 0.05) is 0 Å². The number of aliphatic carboxylic acids is 1. The van der Waals surface area contributed by atoms with Crippen molar-refractivity contribution in [3.63, 3.8) is 0 Å². The second-order valence-corrected chi connectivity index (χ2v) is 4.00. The number of para-hydroxylation sites is 1. The molecule has 0 bridgehead atoms. The molecule has 102 valence electrons. The molecule has 20 heavy (non-hydrogen) atoms. The molecule has 2 aromatic carbocycles. The van der Waals surface area contributed by atoms with Crippen molar-refractivity contribution < 1.29 is 19.4 Å². The zero-order valence-corrected chi connectivity index (χ0v) is 10.9. The molecule has 0 aliphatic carbocycles. The normalized spacial score (nSPS) is 10.9. The molecule has 0 fully saturated rings. The van der Waals surface area contributed by atoms with E-state index in [1.165, 1.54) is 6.08 Å². The molecular weight excluding hydrogens is 256 g/mol. The highest BCUT2D eigenvalue weighted by Gasteiger charge is 2.10. The highest BCUT2D eigenvalue weighted by atomic mass is 16.5. The summed E-state index contributed by atoms with van der Waals surface area (Å²) in [6.45, 7) is 0. The molecule has 2 aromatic rings. The third kappa shape index (κ3) is 3.62. The first-order valence-corrected chi connectivity index (χ1v) is 6.01. The fraction of sp³-hybridized carbons (Fsp3) is 0.0625. The third-order valence-electron chi connectivity index (χ3n) is 2.60. The Morgan fingerprint density at radius 3 is 2.20 bits per heavy atom. The van der Waals surface area contributed by atoms with Crippen LogP contribution in [0.2, 0.25) is 0 Å². The largest absolute Gasteiger partial charge is 0.497 e. The molecule has 0 amide bonds. The van der Waals surface area contributed by atoms with E-state index in [4.69, 9.17) is 9.47 Å². The molecule has 0 atom stereocenters. The van der Waals surface area contributed by atoms with Crippen LogP contribution in [0.5, 0.6) is 11.5 Å². The SMILES string of the molecule is COc1ccc(C=C(Oc2ccccc2)C(=O)O)cc1. The van der Waals surface area contributed by atoms with Crippen molar-refractivity contribution in [3.8, 4) is 11.5 Å². The number of ether oxygens (including phenoxy) is 2. The predicted octanol–water partition coefficient (Wildman–Crippen LogP) is 3.20. The highest BCUT2D eigenvalue weighted by molar-refractivity contribution is 5.90. The molecule has 1 N–H and O–H groups in total. The molecule has 0 aromatic heterocycles. The topological polar surface area (TPSA) is 55.8 Å². The Hall–Kier alpha value is -2.75. The summed E-state index contributed by atoms with van der Waals surface area (Å²) in [4.78, 5) is 11.2. The van der Waals surface area contributed by atoms with Crippen molar-refractivity contribution in [2.75, 3.05) is 7.11 Å². The first kappa shape index (κ1) is 13.7. The summed E-state index contributed by atoms with van der Waals surface area (Å²) in [6.07, 6.45) is 1.47. The molecule has 0 spiro atoms. The van der Waals surface area contributed by atoms with Crippen molar-refractivity contribution in [2.45, 2.75) is 0 Å². The summed E-state index contributed by atoms with van der Waals surface area (Å²) in [6, 6.07) is 15.8. The minimum Gasteiger partial charge on any atom is -0.497 e. The van der Waals surface area contributed by atoms with Gasteiger partial charge in [0.05, 0.1) is 7.11 Å². The van der Waals surface area contributed by atoms with Gasteiger partial charge in [-0.1, -0.05) is 30.3 Å². The maximum atomic E-state index is 11.2. The Labute approximate surface area is 116 Å². The molecule has 0 radical (unpaired) electrons. The molecule has 0 saturated carbocycles. The van der Waals surface area contributed by atoms with Crippen LogP contribution in [0.25, 0.3) is 6.08 Å². The lowest BCUT2D eigenvalue weighted by atomic mass is 10.2. The fourth-order valence-electron chi connectivity index (χ4n) is 1.60. The summed E-state index contributed by atoms with van der Waals surface area (Å²) < 4.78 is 10.4. The van der Waals surface area contributed by atoms with E-state index in [2.05, 4.69) is 0 Å². The van der Waals surface area contributed by atoms with Gasteiger partial charge >= 0.3 is 5.97 Å². The Balaban J connectivity index is 2.23. The van der Waals surface area contributed by atoms with E-state index in [9.17, 15) is 9.90 Å². The van der Waals surface area contributed by atoms with Crippen LogP contribution in [0.3, 0.4) is 0 Å². The molecule has 0 saturated heterocycles. The molecule has 4 heteroatoms. The highest BCUT2D eigenvalue weighted by Crippen LogP contribution is 2.17. The van der Waals surface area contributed by atoms with Crippen LogP contribution in [-0.2, 0) is 4.79 Å². The lowest BCUT2D eigenvalue weighted by molar-refractivity contribution is -0.134. The van der Waals surface area contributed by atoms with Crippen molar-refractivity contribution >= 4 is 12.0 Å². The number of carboxylic acids is 1. The second-order valence-electron chi connectivity index (χ2n) is 4.00. The van der Waals surface area contributed by atoms with E-state index in [0.717, 1.165) is 5.56 Å². The van der Waals surface area contributed by atoms with Gasteiger partial charge in [0.1, 0.15) is 11.5 Å². The zero-order chi connectivity index (χ0) is 14.4. The van der Waals surface area contributed by atoms with Crippen molar-refractivity contribution in [2.24, 2.45) is 0 Å². The van der Waals surface area contributed by atoms with Gasteiger partial charge in [0.15, 0.2) is 0 Å². The molecule has 2 rings (SSSR count). The number of rotatable bonds is 5. The summed E-state index contributed by atoms with van der Waals surface area (Å²) in [5, 5.41) is 9.18. The molecule has 0 aliphatic heterocycles. The first-order valence-electron chi connectivity index (χ1n) is 6.01. The number of carboxylic acid groups (broad SMARTS) is 1. The maximum absolute atomic E-state index is 11.2. The predicted molar refractivity (Wildman–Crippen MR) is 75.7 cm³/mol. The summed E-state index contributed by atoms with van der Waals surface area (Å²) in [5.41, 5.74) is 0.721. The zero-order valence-electron chi connectivity index (χ0n) is 10.9. The van der Waals surface area contributed by atoms with E-state index in [0.29, 0.717) is 11.5 Å². The molecule has 0 aliphatic rings. The number of methoxy groups -OCH3 is 1. The quantitative estimate of drug-likeness (QED) is 0.669. The smallest absolute Gasteiger partial charge is 0.371 e. The van der Waals surface area contributed by atoms with Crippen LogP contribution in [0.15, 0.2) is 60.4 Å². The molecule has 0 unspecified atom stereocenters. The minimum absolute atomic E-state index is 0.138. The van der Waals surface area contributed by atoms with Crippen molar-refractivity contribution in [3.05, 3.63) is 65.9 Å². The van der Waals surface area contributed by atoms with E-state index in [1.54, 1.807) is 55.6 Å². The van der Waals surface area contributed by atoms with Gasteiger partial charge in [-0.05, 0) is 35.9 Å². The first-order chi connectivity index (χ1) is 9.69. The number of carbonyl (C=O) groups is 1. The Kier molecular flexibility index (Phi) is 4.39. The van der Waals surface area contributed by atoms with Gasteiger partial charge in [-0.15, -0.1) is 0 Å². The summed E-state index contributed by atoms with van der Waals surface area (Å²) >= 11 is 0. The van der Waals surface area contributed by atoms with Gasteiger partial charge in [-0.25, -0.2) is 4.79 Å². The van der Waals surface area contributed by atoms with Crippen LogP contribution in [0.4, 0.5) is 0 Å². The second kappa shape index (κ2) is 6.43. The number of benzene rings is 2. The van der Waals surface area contributed by atoms with Crippen LogP contribution >= 0.6 is 0 Å². The Morgan fingerprint density at radius 2 is 1.65 bits per heavy atom. The van der Waals surface area contributed by atoms with Crippen molar-refractivity contribution in [1.29, 1.82) is 0 Å². The molecule has 4 nitrogen and oxygen atoms in total.